The van der Waals surface area contributed by atoms with Crippen LogP contribution in [0.15, 0.2) is 24.3 Å². The summed E-state index contributed by atoms with van der Waals surface area (Å²) in [6.45, 7) is 2.71. The first-order chi connectivity index (χ1) is 8.81. The minimum atomic E-state index is 0.547. The molecule has 1 aromatic heterocycles. The maximum Gasteiger partial charge on any atom is 0.137 e. The highest BCUT2D eigenvalue weighted by Crippen LogP contribution is 2.41. The summed E-state index contributed by atoms with van der Waals surface area (Å²) < 4.78 is 0. The topological polar surface area (TPSA) is 54.7 Å². The Morgan fingerprint density at radius 1 is 1.28 bits per heavy atom. The van der Waals surface area contributed by atoms with Crippen LogP contribution in [-0.4, -0.2) is 9.97 Å². The van der Waals surface area contributed by atoms with Crippen LogP contribution in [0.25, 0.3) is 11.4 Å². The van der Waals surface area contributed by atoms with E-state index in [0.717, 1.165) is 23.5 Å². The minimum absolute atomic E-state index is 0.547. The molecule has 2 aromatic rings. The monoisotopic (exact) mass is 241 g/mol. The molecule has 18 heavy (non-hydrogen) atoms. The summed E-state index contributed by atoms with van der Waals surface area (Å²) in [6, 6.07) is 8.59. The summed E-state index contributed by atoms with van der Waals surface area (Å²) >= 11 is 0. The van der Waals surface area contributed by atoms with Crippen molar-refractivity contribution in [3.63, 3.8) is 0 Å². The Hall–Kier alpha value is -1.61. The number of hydrogen-bond donors (Lipinski definition) is 2. The lowest BCUT2D eigenvalue weighted by Crippen LogP contribution is -1.99. The van der Waals surface area contributed by atoms with Gasteiger partial charge in [-0.15, -0.1) is 0 Å². The molecule has 0 amide bonds. The Morgan fingerprint density at radius 3 is 2.56 bits per heavy atom. The van der Waals surface area contributed by atoms with Crippen LogP contribution in [0, 0.1) is 0 Å². The average molecular weight is 241 g/mol. The van der Waals surface area contributed by atoms with Gasteiger partial charge in [0.2, 0.25) is 0 Å². The quantitative estimate of drug-likeness (QED) is 0.864. The lowest BCUT2D eigenvalue weighted by atomic mass is 10.1. The number of aromatic nitrogens is 2. The van der Waals surface area contributed by atoms with E-state index in [1.165, 1.54) is 24.1 Å². The van der Waals surface area contributed by atoms with Gasteiger partial charge in [-0.1, -0.05) is 31.2 Å². The number of aryl methyl sites for hydroxylation is 1. The molecular formula is C15H19N3. The second kappa shape index (κ2) is 4.58. The molecule has 0 unspecified atom stereocenters. The van der Waals surface area contributed by atoms with Crippen molar-refractivity contribution in [3.8, 4) is 11.4 Å². The molecule has 1 heterocycles. The molecule has 1 aromatic carbocycles. The van der Waals surface area contributed by atoms with E-state index in [9.17, 15) is 0 Å². The molecule has 3 N–H and O–H groups in total. The van der Waals surface area contributed by atoms with Gasteiger partial charge in [0, 0.05) is 18.0 Å². The molecule has 1 saturated carbocycles. The smallest absolute Gasteiger partial charge is 0.137 e. The van der Waals surface area contributed by atoms with E-state index >= 15 is 0 Å². The number of hydrogen-bond acceptors (Lipinski definition) is 2. The van der Waals surface area contributed by atoms with Crippen LogP contribution in [-0.2, 0) is 13.0 Å². The summed E-state index contributed by atoms with van der Waals surface area (Å²) in [4.78, 5) is 8.10. The number of imidazole rings is 1. The van der Waals surface area contributed by atoms with Gasteiger partial charge in [-0.3, -0.25) is 0 Å². The first-order valence-corrected chi connectivity index (χ1v) is 6.70. The second-order valence-electron chi connectivity index (χ2n) is 4.98. The third kappa shape index (κ3) is 2.06. The third-order valence-corrected chi connectivity index (χ3v) is 3.61. The van der Waals surface area contributed by atoms with Crippen molar-refractivity contribution in [1.82, 2.24) is 9.97 Å². The summed E-state index contributed by atoms with van der Waals surface area (Å²) in [5.74, 6) is 1.60. The molecule has 94 valence electrons. The van der Waals surface area contributed by atoms with Gasteiger partial charge in [-0.05, 0) is 24.8 Å². The first kappa shape index (κ1) is 11.5. The van der Waals surface area contributed by atoms with E-state index in [1.54, 1.807) is 0 Å². The van der Waals surface area contributed by atoms with Crippen molar-refractivity contribution in [2.75, 3.05) is 0 Å². The molecule has 1 fully saturated rings. The first-order valence-electron chi connectivity index (χ1n) is 6.70. The van der Waals surface area contributed by atoms with Crippen molar-refractivity contribution >= 4 is 0 Å². The van der Waals surface area contributed by atoms with Crippen molar-refractivity contribution in [2.45, 2.75) is 38.6 Å². The van der Waals surface area contributed by atoms with Crippen molar-refractivity contribution in [1.29, 1.82) is 0 Å². The predicted molar refractivity (Wildman–Crippen MR) is 73.3 cm³/mol. The van der Waals surface area contributed by atoms with Gasteiger partial charge in [0.25, 0.3) is 0 Å². The summed E-state index contributed by atoms with van der Waals surface area (Å²) in [7, 11) is 0. The van der Waals surface area contributed by atoms with Crippen LogP contribution in [0.1, 0.15) is 42.6 Å². The zero-order valence-corrected chi connectivity index (χ0v) is 10.7. The lowest BCUT2D eigenvalue weighted by Gasteiger charge is -1.99. The van der Waals surface area contributed by atoms with E-state index < -0.39 is 0 Å². The standard InChI is InChI=1S/C15H19N3/c1-2-10-3-5-12(6-4-10)15-17-13(9-16)14(18-15)11-7-8-11/h3-6,11H,2,7-9,16H2,1H3,(H,17,18). The van der Waals surface area contributed by atoms with Crippen LogP contribution in [0.5, 0.6) is 0 Å². The molecule has 3 nitrogen and oxygen atoms in total. The SMILES string of the molecule is CCc1ccc(-c2nc(C3CC3)c(CN)[nH]2)cc1. The molecule has 0 spiro atoms. The van der Waals surface area contributed by atoms with E-state index in [4.69, 9.17) is 10.7 Å². The molecular weight excluding hydrogens is 222 g/mol. The Morgan fingerprint density at radius 2 is 2.00 bits per heavy atom. The predicted octanol–water partition coefficient (Wildman–Crippen LogP) is 2.98. The van der Waals surface area contributed by atoms with Gasteiger partial charge in [0.1, 0.15) is 5.82 Å². The van der Waals surface area contributed by atoms with Gasteiger partial charge in [-0.2, -0.15) is 0 Å². The number of nitrogens with zero attached hydrogens (tertiary/aromatic N) is 1. The van der Waals surface area contributed by atoms with Gasteiger partial charge in [0.05, 0.1) is 11.4 Å². The number of nitrogens with two attached hydrogens (primary N) is 1. The van der Waals surface area contributed by atoms with Gasteiger partial charge in [0.15, 0.2) is 0 Å². The Labute approximate surface area is 107 Å². The van der Waals surface area contributed by atoms with Crippen LogP contribution < -0.4 is 5.73 Å². The minimum Gasteiger partial charge on any atom is -0.341 e. The Kier molecular flexibility index (Phi) is 2.92. The van der Waals surface area contributed by atoms with E-state index in [2.05, 4.69) is 36.2 Å². The average Bonchev–Trinajstić information content (AvgIpc) is 3.18. The molecule has 1 aliphatic carbocycles. The fraction of sp³-hybridized carbons (Fsp3) is 0.400. The summed E-state index contributed by atoms with van der Waals surface area (Å²) in [5, 5.41) is 0. The summed E-state index contributed by atoms with van der Waals surface area (Å²) in [6.07, 6.45) is 3.58. The fourth-order valence-corrected chi connectivity index (χ4v) is 2.31. The van der Waals surface area contributed by atoms with E-state index in [1.807, 2.05) is 0 Å². The molecule has 0 bridgehead atoms. The molecule has 3 heteroatoms. The molecule has 0 saturated heterocycles. The number of benzene rings is 1. The number of H-pyrrole nitrogens is 1. The highest BCUT2D eigenvalue weighted by Gasteiger charge is 2.29. The van der Waals surface area contributed by atoms with Gasteiger partial charge >= 0.3 is 0 Å². The number of rotatable bonds is 4. The van der Waals surface area contributed by atoms with E-state index in [0.29, 0.717) is 12.5 Å². The maximum absolute atomic E-state index is 5.78. The number of aromatic amines is 1. The van der Waals surface area contributed by atoms with Gasteiger partial charge < -0.3 is 10.7 Å². The van der Waals surface area contributed by atoms with Crippen molar-refractivity contribution in [3.05, 3.63) is 41.2 Å². The molecule has 0 aliphatic heterocycles. The lowest BCUT2D eigenvalue weighted by molar-refractivity contribution is 0.944. The van der Waals surface area contributed by atoms with Crippen molar-refractivity contribution in [2.24, 2.45) is 5.73 Å². The zero-order valence-electron chi connectivity index (χ0n) is 10.7. The maximum atomic E-state index is 5.78. The molecule has 3 rings (SSSR count). The van der Waals surface area contributed by atoms with Crippen LogP contribution in [0.4, 0.5) is 0 Å². The van der Waals surface area contributed by atoms with Crippen LogP contribution >= 0.6 is 0 Å². The number of nitrogens with one attached hydrogen (secondary N) is 1. The highest BCUT2D eigenvalue weighted by atomic mass is 15.0. The normalized spacial score (nSPS) is 15.0. The summed E-state index contributed by atoms with van der Waals surface area (Å²) in [5.41, 5.74) is 10.6. The van der Waals surface area contributed by atoms with Crippen molar-refractivity contribution < 1.29 is 0 Å². The highest BCUT2D eigenvalue weighted by molar-refractivity contribution is 5.57. The third-order valence-electron chi connectivity index (χ3n) is 3.61. The fourth-order valence-electron chi connectivity index (χ4n) is 2.31. The molecule has 0 atom stereocenters. The van der Waals surface area contributed by atoms with Crippen LogP contribution in [0.2, 0.25) is 0 Å². The Balaban J connectivity index is 1.95. The largest absolute Gasteiger partial charge is 0.341 e. The Bertz CT molecular complexity index is 535. The second-order valence-corrected chi connectivity index (χ2v) is 4.98. The zero-order chi connectivity index (χ0) is 12.5. The molecule has 1 aliphatic rings. The molecule has 0 radical (unpaired) electrons. The van der Waals surface area contributed by atoms with E-state index in [-0.39, 0.29) is 0 Å². The van der Waals surface area contributed by atoms with Crippen LogP contribution in [0.3, 0.4) is 0 Å². The van der Waals surface area contributed by atoms with Gasteiger partial charge in [-0.25, -0.2) is 4.98 Å².